The molecule has 2 aromatic rings. The van der Waals surface area contributed by atoms with Crippen molar-refractivity contribution in [3.8, 4) is 11.3 Å². The third-order valence-electron chi connectivity index (χ3n) is 2.48. The van der Waals surface area contributed by atoms with Crippen molar-refractivity contribution in [3.63, 3.8) is 0 Å². The van der Waals surface area contributed by atoms with Gasteiger partial charge in [0.25, 0.3) is 0 Å². The third-order valence-corrected chi connectivity index (χ3v) is 2.48. The first-order chi connectivity index (χ1) is 7.99. The van der Waals surface area contributed by atoms with Crippen molar-refractivity contribution < 1.29 is 18.7 Å². The van der Waals surface area contributed by atoms with Crippen LogP contribution in [0.5, 0.6) is 0 Å². The molecule has 0 spiro atoms. The number of H-pyrrole nitrogens is 1. The molecule has 0 unspecified atom stereocenters. The Hall–Kier alpha value is -2.17. The van der Waals surface area contributed by atoms with Gasteiger partial charge >= 0.3 is 5.97 Å². The topological polar surface area (TPSA) is 53.1 Å². The van der Waals surface area contributed by atoms with Gasteiger partial charge in [-0.15, -0.1) is 0 Å². The molecule has 1 heterocycles. The van der Waals surface area contributed by atoms with Crippen molar-refractivity contribution in [2.75, 3.05) is 0 Å². The maximum Gasteiger partial charge on any atom is 0.337 e. The van der Waals surface area contributed by atoms with E-state index >= 15 is 0 Å². The van der Waals surface area contributed by atoms with E-state index in [-0.39, 0.29) is 5.56 Å². The molecule has 2 rings (SSSR count). The Balaban J connectivity index is 2.50. The average Bonchev–Trinajstić information content (AvgIpc) is 2.64. The van der Waals surface area contributed by atoms with E-state index < -0.39 is 17.6 Å². The minimum atomic E-state index is -1.06. The maximum absolute atomic E-state index is 13.0. The van der Waals surface area contributed by atoms with Gasteiger partial charge in [0.05, 0.1) is 5.56 Å². The second-order valence-electron chi connectivity index (χ2n) is 3.66. The molecule has 3 nitrogen and oxygen atoms in total. The Kier molecular flexibility index (Phi) is 2.67. The summed E-state index contributed by atoms with van der Waals surface area (Å²) in [6, 6.07) is 4.80. The molecule has 2 N–H and O–H groups in total. The largest absolute Gasteiger partial charge is 0.478 e. The van der Waals surface area contributed by atoms with Crippen LogP contribution in [0.1, 0.15) is 16.1 Å². The van der Waals surface area contributed by atoms with E-state index in [1.165, 1.54) is 12.1 Å². The molecular weight excluding hydrogens is 228 g/mol. The number of carboxylic acid groups (broad SMARTS) is 1. The van der Waals surface area contributed by atoms with Gasteiger partial charge in [-0.25, -0.2) is 13.6 Å². The van der Waals surface area contributed by atoms with Gasteiger partial charge in [0.2, 0.25) is 0 Å². The van der Waals surface area contributed by atoms with E-state index in [0.29, 0.717) is 17.0 Å². The zero-order chi connectivity index (χ0) is 12.6. The number of aromatic amines is 1. The Morgan fingerprint density at radius 1 is 1.24 bits per heavy atom. The monoisotopic (exact) mass is 237 g/mol. The van der Waals surface area contributed by atoms with Crippen molar-refractivity contribution in [2.24, 2.45) is 0 Å². The number of carbonyl (C=O) groups is 1. The van der Waals surface area contributed by atoms with Gasteiger partial charge in [-0.3, -0.25) is 0 Å². The van der Waals surface area contributed by atoms with Crippen molar-refractivity contribution >= 4 is 5.97 Å². The first kappa shape index (κ1) is 11.3. The summed E-state index contributed by atoms with van der Waals surface area (Å²) in [7, 11) is 0. The van der Waals surface area contributed by atoms with E-state index in [4.69, 9.17) is 5.11 Å². The number of benzene rings is 1. The van der Waals surface area contributed by atoms with Crippen LogP contribution in [0, 0.1) is 18.6 Å². The zero-order valence-electron chi connectivity index (χ0n) is 8.92. The highest BCUT2D eigenvalue weighted by atomic mass is 19.2. The maximum atomic E-state index is 13.0. The molecule has 0 fully saturated rings. The number of aryl methyl sites for hydroxylation is 1. The van der Waals surface area contributed by atoms with Gasteiger partial charge in [0.15, 0.2) is 11.6 Å². The van der Waals surface area contributed by atoms with Gasteiger partial charge in [0.1, 0.15) is 0 Å². The van der Waals surface area contributed by atoms with Crippen LogP contribution in [0.3, 0.4) is 0 Å². The summed E-state index contributed by atoms with van der Waals surface area (Å²) >= 11 is 0. The van der Waals surface area contributed by atoms with E-state index in [9.17, 15) is 13.6 Å². The summed E-state index contributed by atoms with van der Waals surface area (Å²) in [6.07, 6.45) is 0. The molecular formula is C12H9F2NO2. The first-order valence-corrected chi connectivity index (χ1v) is 4.87. The molecule has 0 aliphatic heterocycles. The number of nitrogens with one attached hydrogen (secondary N) is 1. The van der Waals surface area contributed by atoms with E-state index in [0.717, 1.165) is 12.1 Å². The van der Waals surface area contributed by atoms with E-state index in [2.05, 4.69) is 4.98 Å². The highest BCUT2D eigenvalue weighted by Gasteiger charge is 2.13. The first-order valence-electron chi connectivity index (χ1n) is 4.87. The highest BCUT2D eigenvalue weighted by Crippen LogP contribution is 2.23. The van der Waals surface area contributed by atoms with E-state index in [1.54, 1.807) is 6.92 Å². The Morgan fingerprint density at radius 2 is 1.94 bits per heavy atom. The molecule has 1 aromatic carbocycles. The number of aromatic nitrogens is 1. The number of hydrogen-bond donors (Lipinski definition) is 2. The number of aromatic carboxylic acids is 1. The smallest absolute Gasteiger partial charge is 0.337 e. The van der Waals surface area contributed by atoms with Crippen molar-refractivity contribution in [1.82, 2.24) is 4.98 Å². The number of rotatable bonds is 2. The fourth-order valence-electron chi connectivity index (χ4n) is 1.60. The average molecular weight is 237 g/mol. The summed E-state index contributed by atoms with van der Waals surface area (Å²) in [5, 5.41) is 8.87. The Morgan fingerprint density at radius 3 is 2.47 bits per heavy atom. The molecule has 0 saturated carbocycles. The van der Waals surface area contributed by atoms with Crippen molar-refractivity contribution in [2.45, 2.75) is 6.92 Å². The van der Waals surface area contributed by atoms with Crippen LogP contribution in [-0.2, 0) is 0 Å². The lowest BCUT2D eigenvalue weighted by atomic mass is 10.1. The fraction of sp³-hybridized carbons (Fsp3) is 0.0833. The summed E-state index contributed by atoms with van der Waals surface area (Å²) in [5.74, 6) is -2.96. The molecule has 0 aliphatic rings. The van der Waals surface area contributed by atoms with E-state index in [1.807, 2.05) is 0 Å². The minimum Gasteiger partial charge on any atom is -0.478 e. The van der Waals surface area contributed by atoms with Gasteiger partial charge in [-0.2, -0.15) is 0 Å². The molecule has 0 amide bonds. The lowest BCUT2D eigenvalue weighted by Gasteiger charge is -1.98. The van der Waals surface area contributed by atoms with Crippen LogP contribution in [-0.4, -0.2) is 16.1 Å². The molecule has 0 atom stereocenters. The normalized spacial score (nSPS) is 10.5. The Labute approximate surface area is 95.7 Å². The molecule has 0 saturated heterocycles. The van der Waals surface area contributed by atoms with Crippen LogP contribution < -0.4 is 0 Å². The number of halogens is 2. The lowest BCUT2D eigenvalue weighted by Crippen LogP contribution is -1.95. The minimum absolute atomic E-state index is 0.115. The van der Waals surface area contributed by atoms with Gasteiger partial charge in [-0.1, -0.05) is 0 Å². The van der Waals surface area contributed by atoms with Crippen LogP contribution in [0.2, 0.25) is 0 Å². The third kappa shape index (κ3) is 2.04. The summed E-state index contributed by atoms with van der Waals surface area (Å²) in [6.45, 7) is 1.60. The highest BCUT2D eigenvalue weighted by molar-refractivity contribution is 5.90. The van der Waals surface area contributed by atoms with Gasteiger partial charge in [-0.05, 0) is 31.2 Å². The van der Waals surface area contributed by atoms with Crippen LogP contribution in [0.4, 0.5) is 8.78 Å². The van der Waals surface area contributed by atoms with Crippen LogP contribution >= 0.6 is 0 Å². The molecule has 0 radical (unpaired) electrons. The van der Waals surface area contributed by atoms with Crippen molar-refractivity contribution in [3.05, 3.63) is 47.2 Å². The molecule has 88 valence electrons. The van der Waals surface area contributed by atoms with Gasteiger partial charge < -0.3 is 10.1 Å². The zero-order valence-corrected chi connectivity index (χ0v) is 8.92. The van der Waals surface area contributed by atoms with Gasteiger partial charge in [0, 0.05) is 17.0 Å². The molecule has 17 heavy (non-hydrogen) atoms. The molecule has 0 aliphatic carbocycles. The second-order valence-corrected chi connectivity index (χ2v) is 3.66. The summed E-state index contributed by atoms with van der Waals surface area (Å²) in [5.41, 5.74) is 1.43. The summed E-state index contributed by atoms with van der Waals surface area (Å²) in [4.78, 5) is 13.7. The molecule has 0 bridgehead atoms. The summed E-state index contributed by atoms with van der Waals surface area (Å²) < 4.78 is 25.8. The predicted molar refractivity (Wildman–Crippen MR) is 57.8 cm³/mol. The quantitative estimate of drug-likeness (QED) is 0.843. The standard InChI is InChI=1S/C12H9F2NO2/c1-6-8(12(16)17)5-11(15-6)7-2-3-9(13)10(14)4-7/h2-5,15H,1H3,(H,16,17). The predicted octanol–water partition coefficient (Wildman–Crippen LogP) is 2.97. The second kappa shape index (κ2) is 4.01. The van der Waals surface area contributed by atoms with Crippen molar-refractivity contribution in [1.29, 1.82) is 0 Å². The number of hydrogen-bond acceptors (Lipinski definition) is 1. The molecule has 5 heteroatoms. The van der Waals surface area contributed by atoms with Crippen LogP contribution in [0.25, 0.3) is 11.3 Å². The Bertz CT molecular complexity index is 590. The fourth-order valence-corrected chi connectivity index (χ4v) is 1.60. The number of carboxylic acids is 1. The SMILES string of the molecule is Cc1[nH]c(-c2ccc(F)c(F)c2)cc1C(=O)O. The molecule has 1 aromatic heterocycles. The van der Waals surface area contributed by atoms with Crippen LogP contribution in [0.15, 0.2) is 24.3 Å². The lowest BCUT2D eigenvalue weighted by molar-refractivity contribution is 0.0696.